The van der Waals surface area contributed by atoms with Crippen LogP contribution in [0.5, 0.6) is 0 Å². The molecular weight excluding hydrogens is 331 g/mol. The molecule has 1 aromatic carbocycles. The van der Waals surface area contributed by atoms with Crippen LogP contribution in [-0.4, -0.2) is 33.9 Å². The lowest BCUT2D eigenvalue weighted by atomic mass is 9.83. The van der Waals surface area contributed by atoms with E-state index in [4.69, 9.17) is 0 Å². The molecular formula is C20H23FN4O. The third-order valence-electron chi connectivity index (χ3n) is 5.36. The number of likely N-dealkylation sites (tertiary alicyclic amines) is 1. The Hall–Kier alpha value is -2.50. The van der Waals surface area contributed by atoms with Crippen LogP contribution in [0, 0.1) is 11.7 Å². The number of rotatable bonds is 4. The number of aromatic nitrogens is 2. The summed E-state index contributed by atoms with van der Waals surface area (Å²) in [4.78, 5) is 23.4. The number of nitrogens with zero attached hydrogens (tertiary/aromatic N) is 3. The van der Waals surface area contributed by atoms with Crippen molar-refractivity contribution < 1.29 is 9.18 Å². The first-order chi connectivity index (χ1) is 12.7. The molecule has 26 heavy (non-hydrogen) atoms. The molecule has 1 amide bonds. The monoisotopic (exact) mass is 354 g/mol. The van der Waals surface area contributed by atoms with Crippen LogP contribution in [0.15, 0.2) is 36.5 Å². The van der Waals surface area contributed by atoms with E-state index >= 15 is 0 Å². The molecule has 2 fully saturated rings. The minimum Gasteiger partial charge on any atom is -0.342 e. The van der Waals surface area contributed by atoms with Crippen LogP contribution < -0.4 is 5.32 Å². The summed E-state index contributed by atoms with van der Waals surface area (Å²) in [6, 6.07) is 8.15. The molecule has 2 heterocycles. The van der Waals surface area contributed by atoms with Gasteiger partial charge in [0.1, 0.15) is 5.82 Å². The molecule has 0 spiro atoms. The number of halogens is 1. The molecule has 1 N–H and O–H groups in total. The average molecular weight is 354 g/mol. The van der Waals surface area contributed by atoms with E-state index in [1.165, 1.54) is 18.6 Å². The maximum atomic E-state index is 13.3. The zero-order chi connectivity index (χ0) is 17.9. The number of nitrogens with one attached hydrogen (secondary N) is 1. The Balaban J connectivity index is 1.46. The number of benzene rings is 1. The van der Waals surface area contributed by atoms with Crippen molar-refractivity contribution in [3.05, 3.63) is 48.0 Å². The molecule has 1 saturated heterocycles. The lowest BCUT2D eigenvalue weighted by Gasteiger charge is -2.37. The van der Waals surface area contributed by atoms with Gasteiger partial charge in [0, 0.05) is 36.8 Å². The van der Waals surface area contributed by atoms with Crippen LogP contribution in [0.4, 0.5) is 16.0 Å². The van der Waals surface area contributed by atoms with Crippen molar-refractivity contribution in [2.75, 3.05) is 18.4 Å². The third-order valence-corrected chi connectivity index (χ3v) is 5.36. The highest BCUT2D eigenvalue weighted by Crippen LogP contribution is 2.32. The second kappa shape index (κ2) is 7.40. The van der Waals surface area contributed by atoms with Crippen LogP contribution in [0.3, 0.4) is 0 Å². The predicted molar refractivity (Wildman–Crippen MR) is 97.6 cm³/mol. The van der Waals surface area contributed by atoms with E-state index in [2.05, 4.69) is 15.3 Å². The largest absolute Gasteiger partial charge is 0.342 e. The van der Waals surface area contributed by atoms with Gasteiger partial charge < -0.3 is 10.2 Å². The number of hydrogen-bond donors (Lipinski definition) is 1. The topological polar surface area (TPSA) is 58.1 Å². The fourth-order valence-corrected chi connectivity index (χ4v) is 3.69. The number of anilines is 2. The Kier molecular flexibility index (Phi) is 4.82. The lowest BCUT2D eigenvalue weighted by Crippen LogP contribution is -2.44. The Bertz CT molecular complexity index is 793. The summed E-state index contributed by atoms with van der Waals surface area (Å²) < 4.78 is 13.3. The second-order valence-electron chi connectivity index (χ2n) is 7.19. The summed E-state index contributed by atoms with van der Waals surface area (Å²) in [7, 11) is 0. The van der Waals surface area contributed by atoms with E-state index in [1.807, 2.05) is 11.0 Å². The van der Waals surface area contributed by atoms with Gasteiger partial charge in [-0.15, -0.1) is 0 Å². The smallest absolute Gasteiger partial charge is 0.227 e. The highest BCUT2D eigenvalue weighted by molar-refractivity contribution is 5.79. The molecule has 6 heteroatoms. The average Bonchev–Trinajstić information content (AvgIpc) is 2.61. The molecule has 2 aliphatic rings. The second-order valence-corrected chi connectivity index (χ2v) is 7.19. The maximum Gasteiger partial charge on any atom is 0.227 e. The molecule has 0 unspecified atom stereocenters. The first-order valence-electron chi connectivity index (χ1n) is 9.33. The van der Waals surface area contributed by atoms with E-state index < -0.39 is 0 Å². The fraction of sp³-hybridized carbons (Fsp3) is 0.450. The molecule has 1 atom stereocenters. The van der Waals surface area contributed by atoms with Gasteiger partial charge in [-0.25, -0.2) is 14.4 Å². The number of piperidine rings is 1. The molecule has 1 aliphatic carbocycles. The van der Waals surface area contributed by atoms with Gasteiger partial charge in [-0.1, -0.05) is 12.5 Å². The normalized spacial score (nSPS) is 20.5. The van der Waals surface area contributed by atoms with Crippen LogP contribution in [0.2, 0.25) is 0 Å². The van der Waals surface area contributed by atoms with Gasteiger partial charge >= 0.3 is 0 Å². The van der Waals surface area contributed by atoms with E-state index in [1.54, 1.807) is 18.3 Å². The first kappa shape index (κ1) is 16.9. The first-order valence-corrected chi connectivity index (χ1v) is 9.33. The number of amides is 1. The van der Waals surface area contributed by atoms with Gasteiger partial charge in [0.05, 0.1) is 5.69 Å². The minimum atomic E-state index is -0.302. The molecule has 4 rings (SSSR count). The van der Waals surface area contributed by atoms with Crippen LogP contribution in [0.25, 0.3) is 0 Å². The molecule has 0 bridgehead atoms. The Morgan fingerprint density at radius 3 is 2.85 bits per heavy atom. The highest BCUT2D eigenvalue weighted by Gasteiger charge is 2.32. The van der Waals surface area contributed by atoms with E-state index in [-0.39, 0.29) is 17.7 Å². The zero-order valence-electron chi connectivity index (χ0n) is 14.7. The van der Waals surface area contributed by atoms with Gasteiger partial charge in [-0.05, 0) is 49.9 Å². The van der Waals surface area contributed by atoms with E-state index in [0.29, 0.717) is 17.5 Å². The molecule has 1 aliphatic heterocycles. The highest BCUT2D eigenvalue weighted by atomic mass is 19.1. The summed E-state index contributed by atoms with van der Waals surface area (Å²) >= 11 is 0. The van der Waals surface area contributed by atoms with Gasteiger partial charge in [0.15, 0.2) is 0 Å². The fourth-order valence-electron chi connectivity index (χ4n) is 3.69. The third kappa shape index (κ3) is 3.69. The van der Waals surface area contributed by atoms with Crippen molar-refractivity contribution in [1.82, 2.24) is 14.9 Å². The Morgan fingerprint density at radius 2 is 2.08 bits per heavy atom. The van der Waals surface area contributed by atoms with Gasteiger partial charge in [0.2, 0.25) is 11.9 Å². The van der Waals surface area contributed by atoms with E-state index in [9.17, 15) is 9.18 Å². The molecule has 1 saturated carbocycles. The summed E-state index contributed by atoms with van der Waals surface area (Å²) in [6.45, 7) is 1.58. The molecule has 2 aromatic rings. The van der Waals surface area contributed by atoms with Gasteiger partial charge in [-0.2, -0.15) is 0 Å². The number of hydrogen-bond acceptors (Lipinski definition) is 4. The minimum absolute atomic E-state index is 0.226. The van der Waals surface area contributed by atoms with Crippen LogP contribution in [-0.2, 0) is 4.79 Å². The van der Waals surface area contributed by atoms with Crippen LogP contribution >= 0.6 is 0 Å². The standard InChI is InChI=1S/C20H23FN4O/c21-16-7-2-8-17(12-16)23-20-22-10-9-18(24-20)15-6-3-11-25(13-15)19(26)14-4-1-5-14/h2,7-10,12,14-15H,1,3-6,11,13H2,(H,22,23,24)/t15-/m1/s1. The van der Waals surface area contributed by atoms with E-state index in [0.717, 1.165) is 44.5 Å². The molecule has 136 valence electrons. The van der Waals surface area contributed by atoms with Crippen molar-refractivity contribution >= 4 is 17.5 Å². The predicted octanol–water partition coefficient (Wildman–Crippen LogP) is 3.87. The Labute approximate surface area is 152 Å². The summed E-state index contributed by atoms with van der Waals surface area (Å²) in [5.41, 5.74) is 1.55. The van der Waals surface area contributed by atoms with Gasteiger partial charge in [-0.3, -0.25) is 4.79 Å². The van der Waals surface area contributed by atoms with Gasteiger partial charge in [0.25, 0.3) is 0 Å². The molecule has 5 nitrogen and oxygen atoms in total. The van der Waals surface area contributed by atoms with Crippen LogP contribution in [0.1, 0.15) is 43.7 Å². The summed E-state index contributed by atoms with van der Waals surface area (Å²) in [5, 5.41) is 3.05. The quantitative estimate of drug-likeness (QED) is 0.906. The molecule has 0 radical (unpaired) electrons. The SMILES string of the molecule is O=C(C1CCC1)N1CCC[C@@H](c2ccnc(Nc3cccc(F)c3)n2)C1. The maximum absolute atomic E-state index is 13.3. The molecule has 1 aromatic heterocycles. The van der Waals surface area contributed by atoms with Crippen molar-refractivity contribution in [1.29, 1.82) is 0 Å². The Morgan fingerprint density at radius 1 is 1.19 bits per heavy atom. The number of carbonyl (C=O) groups excluding carboxylic acids is 1. The summed E-state index contributed by atoms with van der Waals surface area (Å²) in [5.74, 6) is 0.931. The van der Waals surface area contributed by atoms with Crippen molar-refractivity contribution in [3.8, 4) is 0 Å². The lowest BCUT2D eigenvalue weighted by molar-refractivity contribution is -0.139. The van der Waals surface area contributed by atoms with Crippen molar-refractivity contribution in [3.63, 3.8) is 0 Å². The van der Waals surface area contributed by atoms with Crippen molar-refractivity contribution in [2.45, 2.75) is 38.0 Å². The zero-order valence-corrected chi connectivity index (χ0v) is 14.7. The van der Waals surface area contributed by atoms with Crippen molar-refractivity contribution in [2.24, 2.45) is 5.92 Å². The summed E-state index contributed by atoms with van der Waals surface area (Å²) in [6.07, 6.45) is 6.99. The number of carbonyl (C=O) groups is 1.